The van der Waals surface area contributed by atoms with Gasteiger partial charge in [-0.2, -0.15) is 0 Å². The molecule has 0 bridgehead atoms. The van der Waals surface area contributed by atoms with Crippen LogP contribution in [0.2, 0.25) is 0 Å². The highest BCUT2D eigenvalue weighted by Gasteiger charge is 2.34. The molecule has 46 heavy (non-hydrogen) atoms. The van der Waals surface area contributed by atoms with Crippen LogP contribution in [0.1, 0.15) is 99.8 Å². The molecule has 0 aromatic heterocycles. The third-order valence-electron chi connectivity index (χ3n) is 8.09. The zero-order valence-corrected chi connectivity index (χ0v) is 31.0. The van der Waals surface area contributed by atoms with Crippen molar-refractivity contribution in [2.75, 3.05) is 33.2 Å². The van der Waals surface area contributed by atoms with Crippen LogP contribution in [0.25, 0.3) is 0 Å². The van der Waals surface area contributed by atoms with Gasteiger partial charge in [-0.05, 0) is 82.2 Å². The first-order valence-corrected chi connectivity index (χ1v) is 18.3. The molecule has 2 rings (SSSR count). The first-order valence-electron chi connectivity index (χ1n) is 17.5. The number of nitrogens with two attached hydrogens (primary N) is 2. The van der Waals surface area contributed by atoms with Gasteiger partial charge in [0.1, 0.15) is 11.1 Å². The molecule has 1 saturated carbocycles. The lowest BCUT2D eigenvalue weighted by Crippen LogP contribution is -2.56. The third kappa shape index (κ3) is 17.3. The SMILES string of the molecule is C/C=C\C/C=C\C(C)/C(N)=C(\NC)SN.CC.CCCCN(CC)C(=O)C(NC(=O)C(C)NCC1=CCNC=C1)C1CCCCC1. The van der Waals surface area contributed by atoms with E-state index in [2.05, 4.69) is 59.4 Å². The van der Waals surface area contributed by atoms with Crippen molar-refractivity contribution in [3.05, 3.63) is 59.0 Å². The fourth-order valence-electron chi connectivity index (χ4n) is 5.16. The number of dihydropyridines is 1. The van der Waals surface area contributed by atoms with E-state index >= 15 is 0 Å². The lowest BCUT2D eigenvalue weighted by Gasteiger charge is -2.34. The minimum atomic E-state index is -0.401. The Bertz CT molecular complexity index is 981. The number of likely N-dealkylation sites (N-methyl/N-ethyl adjacent to an activating group) is 1. The van der Waals surface area contributed by atoms with Gasteiger partial charge in [-0.15, -0.1) is 0 Å². The van der Waals surface area contributed by atoms with Crippen LogP contribution in [-0.4, -0.2) is 62.0 Å². The number of allylic oxidation sites excluding steroid dienone is 4. The topological polar surface area (TPSA) is 138 Å². The van der Waals surface area contributed by atoms with Gasteiger partial charge < -0.3 is 31.9 Å². The third-order valence-corrected chi connectivity index (χ3v) is 8.77. The predicted molar refractivity (Wildman–Crippen MR) is 199 cm³/mol. The Morgan fingerprint density at radius 2 is 1.85 bits per heavy atom. The van der Waals surface area contributed by atoms with E-state index in [9.17, 15) is 9.59 Å². The molecule has 1 fully saturated rings. The summed E-state index contributed by atoms with van der Waals surface area (Å²) in [6.07, 6.45) is 22.9. The van der Waals surface area contributed by atoms with Crippen molar-refractivity contribution < 1.29 is 9.59 Å². The van der Waals surface area contributed by atoms with Gasteiger partial charge in [0.2, 0.25) is 11.8 Å². The maximum atomic E-state index is 13.3. The van der Waals surface area contributed by atoms with Crippen molar-refractivity contribution in [3.8, 4) is 0 Å². The molecule has 3 unspecified atom stereocenters. The van der Waals surface area contributed by atoms with Crippen LogP contribution in [0.3, 0.4) is 0 Å². The van der Waals surface area contributed by atoms with Crippen molar-refractivity contribution in [2.24, 2.45) is 22.7 Å². The Balaban J connectivity index is 0.00000101. The van der Waals surface area contributed by atoms with E-state index in [1.165, 1.54) is 12.0 Å². The number of rotatable bonds is 17. The zero-order valence-electron chi connectivity index (χ0n) is 30.2. The van der Waals surface area contributed by atoms with Gasteiger partial charge in [-0.3, -0.25) is 14.7 Å². The van der Waals surface area contributed by atoms with Crippen LogP contribution in [0.15, 0.2) is 59.0 Å². The summed E-state index contributed by atoms with van der Waals surface area (Å²) in [5, 5.41) is 18.8. The molecule has 1 aliphatic carbocycles. The Kier molecular flexibility index (Phi) is 25.8. The minimum Gasteiger partial charge on any atom is -0.399 e. The van der Waals surface area contributed by atoms with Gasteiger partial charge in [0.15, 0.2) is 0 Å². The second-order valence-corrected chi connectivity index (χ2v) is 12.1. The summed E-state index contributed by atoms with van der Waals surface area (Å²) < 4.78 is 0. The van der Waals surface area contributed by atoms with Crippen LogP contribution < -0.4 is 32.1 Å². The number of unbranched alkanes of at least 4 members (excludes halogenated alkanes) is 1. The molecule has 10 heteroatoms. The molecular formula is C36H67N7O2S. The van der Waals surface area contributed by atoms with Crippen LogP contribution in [-0.2, 0) is 9.59 Å². The van der Waals surface area contributed by atoms with E-state index in [1.54, 1.807) is 0 Å². The molecule has 1 heterocycles. The van der Waals surface area contributed by atoms with E-state index < -0.39 is 6.04 Å². The highest BCUT2D eigenvalue weighted by atomic mass is 32.2. The van der Waals surface area contributed by atoms with Gasteiger partial charge in [0.05, 0.1) is 6.04 Å². The Morgan fingerprint density at radius 3 is 2.39 bits per heavy atom. The first kappa shape index (κ1) is 43.3. The molecule has 0 aromatic carbocycles. The van der Waals surface area contributed by atoms with E-state index in [-0.39, 0.29) is 29.7 Å². The molecule has 3 atom stereocenters. The van der Waals surface area contributed by atoms with Crippen molar-refractivity contribution >= 4 is 23.8 Å². The van der Waals surface area contributed by atoms with E-state index in [1.807, 2.05) is 64.9 Å². The van der Waals surface area contributed by atoms with Gasteiger partial charge >= 0.3 is 0 Å². The lowest BCUT2D eigenvalue weighted by atomic mass is 9.83. The highest BCUT2D eigenvalue weighted by Crippen LogP contribution is 2.27. The van der Waals surface area contributed by atoms with Gasteiger partial charge in [-0.25, -0.2) is 0 Å². The Labute approximate surface area is 285 Å². The predicted octanol–water partition coefficient (Wildman–Crippen LogP) is 5.85. The number of nitrogens with one attached hydrogen (secondary N) is 4. The molecule has 0 saturated heterocycles. The van der Waals surface area contributed by atoms with Gasteiger partial charge in [0, 0.05) is 44.8 Å². The summed E-state index contributed by atoms with van der Waals surface area (Å²) in [5.74, 6) is 0.461. The highest BCUT2D eigenvalue weighted by molar-refractivity contribution is 8.00. The van der Waals surface area contributed by atoms with Crippen LogP contribution in [0.5, 0.6) is 0 Å². The molecule has 2 aliphatic rings. The second-order valence-electron chi connectivity index (χ2n) is 11.5. The molecule has 9 nitrogen and oxygen atoms in total. The standard InChI is InChI=1S/C23H40N4O2.C11H21N3S.C2H6/c1-4-6-16-27(5-2)23(29)21(20-10-8-7-9-11-20)26-22(28)18(3)25-17-19-12-14-24-15-13-19;1-4-5-6-7-8-9(2)10(12)11(14-3)15-13;1-2/h12-14,18,20-21,24-25H,4-11,15-17H2,1-3H3,(H,26,28);4-5,7-9,14H,6,12-13H2,1-3H3;1-2H3/b;5-4-,8-7-,11-10-;. The average Bonchev–Trinajstić information content (AvgIpc) is 3.10. The van der Waals surface area contributed by atoms with Crippen molar-refractivity contribution in [3.63, 3.8) is 0 Å². The maximum absolute atomic E-state index is 13.3. The number of amides is 2. The second kappa shape index (κ2) is 27.4. The number of hydrogen-bond donors (Lipinski definition) is 6. The van der Waals surface area contributed by atoms with Crippen molar-refractivity contribution in [2.45, 2.75) is 112 Å². The minimum absolute atomic E-state index is 0.0843. The molecule has 264 valence electrons. The maximum Gasteiger partial charge on any atom is 0.245 e. The quantitative estimate of drug-likeness (QED) is 0.0844. The number of carbonyl (C=O) groups is 2. The normalized spacial score (nSPS) is 17.3. The lowest BCUT2D eigenvalue weighted by molar-refractivity contribution is -0.138. The molecular weight excluding hydrogens is 595 g/mol. The number of hydrogen-bond acceptors (Lipinski definition) is 8. The monoisotopic (exact) mass is 662 g/mol. The summed E-state index contributed by atoms with van der Waals surface area (Å²) >= 11 is 1.15. The summed E-state index contributed by atoms with van der Waals surface area (Å²) in [6.45, 7) is 17.0. The molecule has 2 amide bonds. The number of carbonyl (C=O) groups excluding carboxylic acids is 2. The zero-order chi connectivity index (χ0) is 34.7. The average molecular weight is 662 g/mol. The first-order chi connectivity index (χ1) is 22.2. The molecule has 0 radical (unpaired) electrons. The largest absolute Gasteiger partial charge is 0.399 e. The van der Waals surface area contributed by atoms with Gasteiger partial charge in [-0.1, -0.05) is 83.8 Å². The molecule has 0 aromatic rings. The van der Waals surface area contributed by atoms with E-state index in [0.717, 1.165) is 80.7 Å². The van der Waals surface area contributed by atoms with Gasteiger partial charge in [0.25, 0.3) is 0 Å². The summed E-state index contributed by atoms with van der Waals surface area (Å²) in [6, 6.07) is -0.745. The fraction of sp³-hybridized carbons (Fsp3) is 0.667. The van der Waals surface area contributed by atoms with E-state index in [0.29, 0.717) is 13.1 Å². The smallest absolute Gasteiger partial charge is 0.245 e. The Hall–Kier alpha value is -2.69. The van der Waals surface area contributed by atoms with Crippen molar-refractivity contribution in [1.29, 1.82) is 0 Å². The molecule has 8 N–H and O–H groups in total. The van der Waals surface area contributed by atoms with Crippen molar-refractivity contribution in [1.82, 2.24) is 26.2 Å². The summed E-state index contributed by atoms with van der Waals surface area (Å²) in [7, 11) is 1.82. The Morgan fingerprint density at radius 1 is 1.15 bits per heavy atom. The molecule has 1 aliphatic heterocycles. The van der Waals surface area contributed by atoms with Crippen LogP contribution in [0, 0.1) is 11.8 Å². The molecule has 0 spiro atoms. The summed E-state index contributed by atoms with van der Waals surface area (Å²) in [4.78, 5) is 28.1. The number of nitrogens with zero attached hydrogens (tertiary/aromatic N) is 1. The van der Waals surface area contributed by atoms with E-state index in [4.69, 9.17) is 10.9 Å². The summed E-state index contributed by atoms with van der Waals surface area (Å²) in [5.41, 5.74) is 7.89. The van der Waals surface area contributed by atoms with Crippen LogP contribution >= 0.6 is 11.9 Å². The fourth-order valence-corrected chi connectivity index (χ4v) is 5.60. The van der Waals surface area contributed by atoms with Crippen LogP contribution in [0.4, 0.5) is 0 Å².